The van der Waals surface area contributed by atoms with E-state index in [0.717, 1.165) is 31.4 Å². The van der Waals surface area contributed by atoms with Crippen molar-refractivity contribution in [2.45, 2.75) is 64.5 Å². The fraction of sp³-hybridized carbons (Fsp3) is 0.565. The number of hydrogen-bond acceptors (Lipinski definition) is 5. The van der Waals surface area contributed by atoms with E-state index in [9.17, 15) is 19.1 Å². The third-order valence-electron chi connectivity index (χ3n) is 4.94. The largest absolute Gasteiger partial charge is 0.488 e. The monoisotopic (exact) mass is 420 g/mol. The van der Waals surface area contributed by atoms with Crippen LogP contribution in [0.3, 0.4) is 0 Å². The van der Waals surface area contributed by atoms with Crippen LogP contribution in [0.15, 0.2) is 30.4 Å². The van der Waals surface area contributed by atoms with Gasteiger partial charge in [-0.2, -0.15) is 0 Å². The van der Waals surface area contributed by atoms with Crippen molar-refractivity contribution in [2.24, 2.45) is 5.92 Å². The quantitative estimate of drug-likeness (QED) is 0.274. The van der Waals surface area contributed by atoms with E-state index >= 15 is 0 Å². The van der Waals surface area contributed by atoms with Crippen LogP contribution in [0.25, 0.3) is 0 Å². The SMILES string of the molecule is C[C@@H](NCCCC/C=C/CC1CC(=O)NC1=O)c1ccc(F)c(OCC(C)(C)O)c1. The molecule has 1 aromatic carbocycles. The molecule has 0 radical (unpaired) electrons. The van der Waals surface area contributed by atoms with Gasteiger partial charge >= 0.3 is 0 Å². The molecule has 3 N–H and O–H groups in total. The molecule has 0 aromatic heterocycles. The van der Waals surface area contributed by atoms with Gasteiger partial charge in [0.1, 0.15) is 6.61 Å². The van der Waals surface area contributed by atoms with Crippen molar-refractivity contribution in [3.05, 3.63) is 41.7 Å². The van der Waals surface area contributed by atoms with Crippen LogP contribution in [0.2, 0.25) is 0 Å². The van der Waals surface area contributed by atoms with Gasteiger partial charge in [-0.1, -0.05) is 18.2 Å². The van der Waals surface area contributed by atoms with E-state index in [0.29, 0.717) is 12.8 Å². The normalized spacial score (nSPS) is 18.1. The Morgan fingerprint density at radius 2 is 2.10 bits per heavy atom. The predicted molar refractivity (Wildman–Crippen MR) is 113 cm³/mol. The average molecular weight is 421 g/mol. The maximum atomic E-state index is 13.9. The molecule has 1 aromatic rings. The molecule has 1 saturated heterocycles. The highest BCUT2D eigenvalue weighted by Gasteiger charge is 2.28. The van der Waals surface area contributed by atoms with Crippen LogP contribution >= 0.6 is 0 Å². The van der Waals surface area contributed by atoms with Gasteiger partial charge in [0.05, 0.1) is 11.5 Å². The lowest BCUT2D eigenvalue weighted by molar-refractivity contribution is -0.125. The zero-order valence-corrected chi connectivity index (χ0v) is 18.0. The first-order chi connectivity index (χ1) is 14.2. The van der Waals surface area contributed by atoms with Gasteiger partial charge in [0.15, 0.2) is 11.6 Å². The molecular weight excluding hydrogens is 387 g/mol. The molecule has 0 aliphatic carbocycles. The highest BCUT2D eigenvalue weighted by molar-refractivity contribution is 6.03. The number of ether oxygens (including phenoxy) is 1. The summed E-state index contributed by atoms with van der Waals surface area (Å²) in [5, 5.41) is 15.5. The Morgan fingerprint density at radius 3 is 2.77 bits per heavy atom. The number of benzene rings is 1. The van der Waals surface area contributed by atoms with Gasteiger partial charge in [0.2, 0.25) is 11.8 Å². The Kier molecular flexibility index (Phi) is 8.99. The van der Waals surface area contributed by atoms with Gasteiger partial charge in [-0.3, -0.25) is 14.9 Å². The molecule has 2 amide bonds. The molecular formula is C23H33FN2O4. The highest BCUT2D eigenvalue weighted by atomic mass is 19.1. The highest BCUT2D eigenvalue weighted by Crippen LogP contribution is 2.24. The number of carbonyl (C=O) groups is 2. The second kappa shape index (κ2) is 11.2. The summed E-state index contributed by atoms with van der Waals surface area (Å²) in [6.07, 6.45) is 7.85. The van der Waals surface area contributed by atoms with Crippen molar-refractivity contribution in [1.82, 2.24) is 10.6 Å². The number of nitrogens with one attached hydrogen (secondary N) is 2. The molecule has 0 spiro atoms. The van der Waals surface area contributed by atoms with E-state index in [1.807, 2.05) is 13.0 Å². The molecule has 0 saturated carbocycles. The number of halogens is 1. The van der Waals surface area contributed by atoms with Crippen molar-refractivity contribution in [2.75, 3.05) is 13.2 Å². The van der Waals surface area contributed by atoms with Crippen molar-refractivity contribution in [3.63, 3.8) is 0 Å². The second-order valence-electron chi connectivity index (χ2n) is 8.48. The zero-order chi connectivity index (χ0) is 22.1. The molecule has 1 unspecified atom stereocenters. The topological polar surface area (TPSA) is 87.7 Å². The number of rotatable bonds is 12. The van der Waals surface area contributed by atoms with Crippen LogP contribution in [0.5, 0.6) is 5.75 Å². The van der Waals surface area contributed by atoms with E-state index in [1.54, 1.807) is 26.0 Å². The first-order valence-corrected chi connectivity index (χ1v) is 10.5. The fourth-order valence-corrected chi connectivity index (χ4v) is 3.15. The van der Waals surface area contributed by atoms with Gasteiger partial charge < -0.3 is 15.2 Å². The first-order valence-electron chi connectivity index (χ1n) is 10.5. The lowest BCUT2D eigenvalue weighted by atomic mass is 10.0. The minimum Gasteiger partial charge on any atom is -0.488 e. The molecule has 2 rings (SSSR count). The molecule has 2 atom stereocenters. The van der Waals surface area contributed by atoms with Crippen LogP contribution < -0.4 is 15.4 Å². The molecule has 1 aliphatic heterocycles. The summed E-state index contributed by atoms with van der Waals surface area (Å²) in [5.41, 5.74) is -0.103. The molecule has 1 fully saturated rings. The van der Waals surface area contributed by atoms with E-state index in [-0.39, 0.29) is 36.1 Å². The summed E-state index contributed by atoms with van der Waals surface area (Å²) in [6, 6.07) is 4.84. The molecule has 1 aliphatic rings. The van der Waals surface area contributed by atoms with E-state index < -0.39 is 11.4 Å². The Labute approximate surface area is 177 Å². The minimum absolute atomic E-state index is 0.0183. The van der Waals surface area contributed by atoms with Crippen molar-refractivity contribution >= 4 is 11.8 Å². The molecule has 1 heterocycles. The summed E-state index contributed by atoms with van der Waals surface area (Å²) in [4.78, 5) is 22.6. The van der Waals surface area contributed by atoms with Crippen LogP contribution in [-0.4, -0.2) is 35.7 Å². The molecule has 166 valence electrons. The van der Waals surface area contributed by atoms with E-state index in [1.165, 1.54) is 6.07 Å². The Morgan fingerprint density at radius 1 is 1.33 bits per heavy atom. The Balaban J connectivity index is 1.66. The van der Waals surface area contributed by atoms with Gasteiger partial charge in [0, 0.05) is 12.5 Å². The number of aliphatic hydroxyl groups is 1. The number of unbranched alkanes of at least 4 members (excludes halogenated alkanes) is 2. The van der Waals surface area contributed by atoms with E-state index in [2.05, 4.69) is 16.7 Å². The molecule has 7 heteroatoms. The van der Waals surface area contributed by atoms with Gasteiger partial charge in [-0.05, 0) is 70.7 Å². The maximum Gasteiger partial charge on any atom is 0.230 e. The third kappa shape index (κ3) is 8.24. The molecule has 6 nitrogen and oxygen atoms in total. The smallest absolute Gasteiger partial charge is 0.230 e. The lowest BCUT2D eigenvalue weighted by Gasteiger charge is -2.20. The fourth-order valence-electron chi connectivity index (χ4n) is 3.15. The van der Waals surface area contributed by atoms with Crippen molar-refractivity contribution < 1.29 is 23.8 Å². The number of imide groups is 1. The summed E-state index contributed by atoms with van der Waals surface area (Å²) >= 11 is 0. The first kappa shape index (κ1) is 24.0. The van der Waals surface area contributed by atoms with Gasteiger partial charge in [-0.25, -0.2) is 4.39 Å². The van der Waals surface area contributed by atoms with Crippen LogP contribution in [0.4, 0.5) is 4.39 Å². The summed E-state index contributed by atoms with van der Waals surface area (Å²) in [5.74, 6) is -0.871. The third-order valence-corrected chi connectivity index (χ3v) is 4.94. The number of carbonyl (C=O) groups excluding carboxylic acids is 2. The zero-order valence-electron chi connectivity index (χ0n) is 18.0. The summed E-state index contributed by atoms with van der Waals surface area (Å²) < 4.78 is 19.3. The van der Waals surface area contributed by atoms with Crippen LogP contribution in [-0.2, 0) is 9.59 Å². The second-order valence-corrected chi connectivity index (χ2v) is 8.48. The molecule has 30 heavy (non-hydrogen) atoms. The van der Waals surface area contributed by atoms with Gasteiger partial charge in [-0.15, -0.1) is 0 Å². The van der Waals surface area contributed by atoms with Crippen LogP contribution in [0, 0.1) is 11.7 Å². The predicted octanol–water partition coefficient (Wildman–Crippen LogP) is 3.41. The maximum absolute atomic E-state index is 13.9. The van der Waals surface area contributed by atoms with E-state index in [4.69, 9.17) is 4.74 Å². The summed E-state index contributed by atoms with van der Waals surface area (Å²) in [7, 11) is 0. The lowest BCUT2D eigenvalue weighted by Crippen LogP contribution is -2.28. The standard InChI is InChI=1S/C23H33FN2O4/c1-16(17-10-11-19(24)20(13-17)30-15-23(2,3)29)25-12-8-6-4-5-7-9-18-14-21(27)26-22(18)28/h5,7,10-11,13,16,18,25,29H,4,6,8-9,12,14-15H2,1-3H3,(H,26,27,28)/b7-5+/t16-,18?/m1/s1. The average Bonchev–Trinajstić information content (AvgIpc) is 2.99. The van der Waals surface area contributed by atoms with Gasteiger partial charge in [0.25, 0.3) is 0 Å². The summed E-state index contributed by atoms with van der Waals surface area (Å²) in [6.45, 7) is 6.08. The Hall–Kier alpha value is -2.25. The van der Waals surface area contributed by atoms with Crippen LogP contribution in [0.1, 0.15) is 64.5 Å². The van der Waals surface area contributed by atoms with Crippen molar-refractivity contribution in [3.8, 4) is 5.75 Å². The van der Waals surface area contributed by atoms with Crippen molar-refractivity contribution in [1.29, 1.82) is 0 Å². The molecule has 0 bridgehead atoms. The number of amides is 2. The number of allylic oxidation sites excluding steroid dienone is 2. The Bertz CT molecular complexity index is 758. The number of hydrogen-bond donors (Lipinski definition) is 3. The minimum atomic E-state index is -1.03.